The molecule has 1 atom stereocenters. The van der Waals surface area contributed by atoms with Crippen molar-refractivity contribution in [3.8, 4) is 5.75 Å². The minimum atomic E-state index is -0.546. The number of thioether (sulfide) groups is 1. The first kappa shape index (κ1) is 18.6. The lowest BCUT2D eigenvalue weighted by atomic mass is 10.2. The Bertz CT molecular complexity index is 696. The van der Waals surface area contributed by atoms with Crippen LogP contribution >= 0.6 is 23.4 Å². The molecule has 0 spiro atoms. The molecule has 0 bridgehead atoms. The van der Waals surface area contributed by atoms with Crippen molar-refractivity contribution in [1.82, 2.24) is 9.55 Å². The standard InChI is InChI=1S/C19H25ClN2O2S/c1-13-14(2)22(16-5-3-4-6-16)19(21-13)25-12-17(23)11-24-18-9-7-15(20)8-10-18/h7-10,16-17,23H,3-6,11-12H2,1-2H3. The van der Waals surface area contributed by atoms with E-state index in [0.29, 0.717) is 22.6 Å². The van der Waals surface area contributed by atoms with Gasteiger partial charge < -0.3 is 14.4 Å². The van der Waals surface area contributed by atoms with Crippen molar-refractivity contribution in [2.24, 2.45) is 0 Å². The Hall–Kier alpha value is -1.17. The number of aryl methyl sites for hydroxylation is 1. The van der Waals surface area contributed by atoms with Gasteiger partial charge in [-0.2, -0.15) is 0 Å². The number of imidazole rings is 1. The first-order chi connectivity index (χ1) is 12.0. The molecule has 1 aromatic carbocycles. The summed E-state index contributed by atoms with van der Waals surface area (Å²) in [6, 6.07) is 7.74. The highest BCUT2D eigenvalue weighted by Gasteiger charge is 2.23. The summed E-state index contributed by atoms with van der Waals surface area (Å²) in [5, 5.41) is 11.9. The zero-order valence-corrected chi connectivity index (χ0v) is 16.3. The van der Waals surface area contributed by atoms with Gasteiger partial charge in [0.1, 0.15) is 12.4 Å². The summed E-state index contributed by atoms with van der Waals surface area (Å²) >= 11 is 7.47. The highest BCUT2D eigenvalue weighted by Crippen LogP contribution is 2.35. The number of hydrogen-bond acceptors (Lipinski definition) is 4. The molecule has 0 amide bonds. The predicted molar refractivity (Wildman–Crippen MR) is 103 cm³/mol. The molecule has 1 saturated carbocycles. The van der Waals surface area contributed by atoms with E-state index in [1.807, 2.05) is 12.1 Å². The summed E-state index contributed by atoms with van der Waals surface area (Å²) in [5.41, 5.74) is 2.34. The molecule has 0 saturated heterocycles. The summed E-state index contributed by atoms with van der Waals surface area (Å²) in [4.78, 5) is 4.71. The van der Waals surface area contributed by atoms with Gasteiger partial charge in [0.25, 0.3) is 0 Å². The first-order valence-corrected chi connectivity index (χ1v) is 10.2. The van der Waals surface area contributed by atoms with Crippen LogP contribution in [0.25, 0.3) is 0 Å². The number of benzene rings is 1. The second-order valence-corrected chi connectivity index (χ2v) is 8.03. The molecule has 0 aliphatic heterocycles. The molecule has 6 heteroatoms. The van der Waals surface area contributed by atoms with Crippen LogP contribution in [0.2, 0.25) is 5.02 Å². The van der Waals surface area contributed by atoms with E-state index in [4.69, 9.17) is 21.3 Å². The summed E-state index contributed by atoms with van der Waals surface area (Å²) < 4.78 is 8.00. The van der Waals surface area contributed by atoms with Gasteiger partial charge in [0.05, 0.1) is 11.8 Å². The van der Waals surface area contributed by atoms with Gasteiger partial charge in [-0.15, -0.1) is 0 Å². The van der Waals surface area contributed by atoms with Crippen LogP contribution in [0.4, 0.5) is 0 Å². The van der Waals surface area contributed by atoms with Crippen molar-refractivity contribution in [2.75, 3.05) is 12.4 Å². The smallest absolute Gasteiger partial charge is 0.168 e. The molecule has 1 N–H and O–H groups in total. The Balaban J connectivity index is 1.55. The average Bonchev–Trinajstić information content (AvgIpc) is 3.21. The van der Waals surface area contributed by atoms with E-state index in [-0.39, 0.29) is 6.61 Å². The number of hydrogen-bond donors (Lipinski definition) is 1. The van der Waals surface area contributed by atoms with Crippen molar-refractivity contribution >= 4 is 23.4 Å². The van der Waals surface area contributed by atoms with Crippen LogP contribution in [0, 0.1) is 13.8 Å². The van der Waals surface area contributed by atoms with Crippen LogP contribution < -0.4 is 4.74 Å². The summed E-state index contributed by atoms with van der Waals surface area (Å²) in [6.07, 6.45) is 4.50. The number of aliphatic hydroxyl groups excluding tert-OH is 1. The molecule has 1 unspecified atom stereocenters. The lowest BCUT2D eigenvalue weighted by Crippen LogP contribution is -2.20. The Kier molecular flexibility index (Phi) is 6.31. The van der Waals surface area contributed by atoms with Gasteiger partial charge in [0.2, 0.25) is 0 Å². The molecular formula is C19H25ClN2O2S. The van der Waals surface area contributed by atoms with Gasteiger partial charge in [0, 0.05) is 22.5 Å². The Labute approximate surface area is 158 Å². The van der Waals surface area contributed by atoms with E-state index >= 15 is 0 Å². The molecule has 4 nitrogen and oxygen atoms in total. The van der Waals surface area contributed by atoms with Crippen molar-refractivity contribution in [3.05, 3.63) is 40.7 Å². The van der Waals surface area contributed by atoms with E-state index in [2.05, 4.69) is 18.4 Å². The third-order valence-corrected chi connectivity index (χ3v) is 6.05. The van der Waals surface area contributed by atoms with E-state index in [1.165, 1.54) is 31.4 Å². The minimum absolute atomic E-state index is 0.261. The highest BCUT2D eigenvalue weighted by molar-refractivity contribution is 7.99. The van der Waals surface area contributed by atoms with Gasteiger partial charge in [-0.25, -0.2) is 4.98 Å². The van der Waals surface area contributed by atoms with Crippen molar-refractivity contribution in [2.45, 2.75) is 56.8 Å². The molecule has 0 radical (unpaired) electrons. The number of aromatic nitrogens is 2. The molecular weight excluding hydrogens is 356 g/mol. The van der Waals surface area contributed by atoms with Gasteiger partial charge in [-0.3, -0.25) is 0 Å². The summed E-state index contributed by atoms with van der Waals surface area (Å²) in [6.45, 7) is 4.46. The van der Waals surface area contributed by atoms with Gasteiger partial charge in [0.15, 0.2) is 5.16 Å². The fourth-order valence-electron chi connectivity index (χ4n) is 3.23. The number of halogens is 1. The molecule has 25 heavy (non-hydrogen) atoms. The third-order valence-electron chi connectivity index (χ3n) is 4.71. The molecule has 1 aliphatic rings. The maximum atomic E-state index is 10.2. The normalized spacial score (nSPS) is 16.3. The van der Waals surface area contributed by atoms with Crippen LogP contribution in [0.1, 0.15) is 43.1 Å². The second-order valence-electron chi connectivity index (χ2n) is 6.60. The molecule has 2 aromatic rings. The molecule has 1 aliphatic carbocycles. The van der Waals surface area contributed by atoms with Crippen molar-refractivity contribution in [3.63, 3.8) is 0 Å². The quantitative estimate of drug-likeness (QED) is 0.701. The SMILES string of the molecule is Cc1nc(SCC(O)COc2ccc(Cl)cc2)n(C2CCCC2)c1C. The average molecular weight is 381 g/mol. The second kappa shape index (κ2) is 8.47. The fourth-order valence-corrected chi connectivity index (χ4v) is 4.42. The van der Waals surface area contributed by atoms with Crippen LogP contribution in [-0.4, -0.2) is 33.1 Å². The van der Waals surface area contributed by atoms with Crippen LogP contribution in [0.5, 0.6) is 5.75 Å². The van der Waals surface area contributed by atoms with E-state index < -0.39 is 6.10 Å². The first-order valence-electron chi connectivity index (χ1n) is 8.79. The van der Waals surface area contributed by atoms with Gasteiger partial charge >= 0.3 is 0 Å². The maximum Gasteiger partial charge on any atom is 0.168 e. The monoisotopic (exact) mass is 380 g/mol. The molecule has 3 rings (SSSR count). The van der Waals surface area contributed by atoms with E-state index in [9.17, 15) is 5.11 Å². The zero-order chi connectivity index (χ0) is 17.8. The van der Waals surface area contributed by atoms with Crippen LogP contribution in [0.15, 0.2) is 29.4 Å². The summed E-state index contributed by atoms with van der Waals surface area (Å²) in [7, 11) is 0. The number of nitrogens with zero attached hydrogens (tertiary/aromatic N) is 2. The van der Waals surface area contributed by atoms with Gasteiger partial charge in [-0.1, -0.05) is 36.2 Å². The molecule has 1 fully saturated rings. The van der Waals surface area contributed by atoms with E-state index in [0.717, 1.165) is 10.9 Å². The van der Waals surface area contributed by atoms with E-state index in [1.54, 1.807) is 23.9 Å². The Morgan fingerprint density at radius 3 is 2.64 bits per heavy atom. The number of aliphatic hydroxyl groups is 1. The third kappa shape index (κ3) is 4.72. The Morgan fingerprint density at radius 2 is 1.96 bits per heavy atom. The molecule has 136 valence electrons. The minimum Gasteiger partial charge on any atom is -0.491 e. The molecule has 1 heterocycles. The predicted octanol–water partition coefficient (Wildman–Crippen LogP) is 4.80. The molecule has 1 aromatic heterocycles. The van der Waals surface area contributed by atoms with Crippen LogP contribution in [-0.2, 0) is 0 Å². The zero-order valence-electron chi connectivity index (χ0n) is 14.7. The topological polar surface area (TPSA) is 47.3 Å². The largest absolute Gasteiger partial charge is 0.491 e. The summed E-state index contributed by atoms with van der Waals surface area (Å²) in [5.74, 6) is 1.28. The highest BCUT2D eigenvalue weighted by atomic mass is 35.5. The fraction of sp³-hybridized carbons (Fsp3) is 0.526. The lowest BCUT2D eigenvalue weighted by molar-refractivity contribution is 0.126. The van der Waals surface area contributed by atoms with Crippen molar-refractivity contribution < 1.29 is 9.84 Å². The number of rotatable bonds is 7. The van der Waals surface area contributed by atoms with Crippen molar-refractivity contribution in [1.29, 1.82) is 0 Å². The number of ether oxygens (including phenoxy) is 1. The van der Waals surface area contributed by atoms with Gasteiger partial charge in [-0.05, 0) is 51.0 Å². The Morgan fingerprint density at radius 1 is 1.28 bits per heavy atom. The lowest BCUT2D eigenvalue weighted by Gasteiger charge is -2.18. The maximum absolute atomic E-state index is 10.2. The van der Waals surface area contributed by atoms with Crippen LogP contribution in [0.3, 0.4) is 0 Å².